The molecule has 0 fully saturated rings. The Labute approximate surface area is 139 Å². The van der Waals surface area contributed by atoms with Crippen LogP contribution >= 0.6 is 15.9 Å². The van der Waals surface area contributed by atoms with Crippen molar-refractivity contribution in [3.05, 3.63) is 35.9 Å². The van der Waals surface area contributed by atoms with Crippen molar-refractivity contribution in [2.75, 3.05) is 5.33 Å². The van der Waals surface area contributed by atoms with Crippen molar-refractivity contribution in [3.63, 3.8) is 0 Å². The first-order valence-corrected chi connectivity index (χ1v) is 9.65. The van der Waals surface area contributed by atoms with E-state index in [1.165, 1.54) is 69.5 Å². The molecule has 0 bridgehead atoms. The highest BCUT2D eigenvalue weighted by Crippen LogP contribution is 2.11. The fourth-order valence-corrected chi connectivity index (χ4v) is 2.80. The highest BCUT2D eigenvalue weighted by molar-refractivity contribution is 9.09. The van der Waals surface area contributed by atoms with Crippen LogP contribution < -0.4 is 0 Å². The van der Waals surface area contributed by atoms with Crippen molar-refractivity contribution in [2.45, 2.75) is 70.6 Å². The molecule has 0 saturated carbocycles. The summed E-state index contributed by atoms with van der Waals surface area (Å²) in [5.74, 6) is 6.51. The van der Waals surface area contributed by atoms with E-state index < -0.39 is 0 Å². The molecule has 0 amide bonds. The van der Waals surface area contributed by atoms with E-state index in [1.54, 1.807) is 0 Å². The molecule has 0 unspecified atom stereocenters. The Balaban J connectivity index is 1.84. The van der Waals surface area contributed by atoms with Crippen molar-refractivity contribution in [2.24, 2.45) is 0 Å². The Hall–Kier alpha value is -0.740. The normalized spacial score (nSPS) is 10.1. The Bertz CT molecular complexity index is 385. The average Bonchev–Trinajstić information content (AvgIpc) is 2.53. The van der Waals surface area contributed by atoms with Gasteiger partial charge in [0.05, 0.1) is 0 Å². The molecule has 1 heteroatoms. The number of benzene rings is 1. The quantitative estimate of drug-likeness (QED) is 0.236. The summed E-state index contributed by atoms with van der Waals surface area (Å²) >= 11 is 3.48. The van der Waals surface area contributed by atoms with Gasteiger partial charge in [0.1, 0.15) is 0 Å². The molecule has 0 nitrogen and oxygen atoms in total. The van der Waals surface area contributed by atoms with Gasteiger partial charge in [-0.2, -0.15) is 0 Å². The van der Waals surface area contributed by atoms with Crippen LogP contribution in [0.2, 0.25) is 0 Å². The van der Waals surface area contributed by atoms with Gasteiger partial charge in [-0.1, -0.05) is 97.3 Å². The Morgan fingerprint density at radius 2 is 1.19 bits per heavy atom. The molecule has 0 aliphatic rings. The van der Waals surface area contributed by atoms with Crippen LogP contribution in [0, 0.1) is 11.8 Å². The first-order chi connectivity index (χ1) is 10.4. The van der Waals surface area contributed by atoms with Gasteiger partial charge < -0.3 is 0 Å². The van der Waals surface area contributed by atoms with E-state index >= 15 is 0 Å². The van der Waals surface area contributed by atoms with Crippen molar-refractivity contribution >= 4 is 15.9 Å². The van der Waals surface area contributed by atoms with Crippen molar-refractivity contribution in [1.29, 1.82) is 0 Å². The lowest BCUT2D eigenvalue weighted by Gasteiger charge is -2.01. The van der Waals surface area contributed by atoms with Crippen LogP contribution in [-0.4, -0.2) is 5.33 Å². The number of alkyl halides is 1. The predicted molar refractivity (Wildman–Crippen MR) is 97.9 cm³/mol. The van der Waals surface area contributed by atoms with Crippen molar-refractivity contribution in [1.82, 2.24) is 0 Å². The topological polar surface area (TPSA) is 0 Å². The van der Waals surface area contributed by atoms with Gasteiger partial charge in [0.25, 0.3) is 0 Å². The molecule has 0 aliphatic carbocycles. The highest BCUT2D eigenvalue weighted by Gasteiger charge is 1.92. The van der Waals surface area contributed by atoms with Crippen molar-refractivity contribution in [3.8, 4) is 11.8 Å². The van der Waals surface area contributed by atoms with Crippen LogP contribution in [-0.2, 0) is 0 Å². The Kier molecular flexibility index (Phi) is 12.4. The minimum absolute atomic E-state index is 1.04. The number of halogens is 1. The molecule has 0 spiro atoms. The maximum atomic E-state index is 3.48. The average molecular weight is 349 g/mol. The molecule has 116 valence electrons. The van der Waals surface area contributed by atoms with E-state index in [-0.39, 0.29) is 0 Å². The van der Waals surface area contributed by atoms with E-state index in [2.05, 4.69) is 39.9 Å². The molecule has 0 atom stereocenters. The fourth-order valence-electron chi connectivity index (χ4n) is 2.41. The SMILES string of the molecule is BrCCCCCCCCCCCCC#Cc1ccccc1. The van der Waals surface area contributed by atoms with Crippen LogP contribution in [0.3, 0.4) is 0 Å². The number of hydrogen-bond acceptors (Lipinski definition) is 0. The molecular formula is C20H29Br. The highest BCUT2D eigenvalue weighted by atomic mass is 79.9. The van der Waals surface area contributed by atoms with Crippen LogP contribution in [0.15, 0.2) is 30.3 Å². The third-order valence-corrected chi connectivity index (χ3v) is 4.25. The summed E-state index contributed by atoms with van der Waals surface area (Å²) in [6.45, 7) is 0. The third kappa shape index (κ3) is 11.6. The minimum atomic E-state index is 1.04. The van der Waals surface area contributed by atoms with Crippen LogP contribution in [0.4, 0.5) is 0 Å². The largest absolute Gasteiger partial charge is 0.0979 e. The third-order valence-electron chi connectivity index (χ3n) is 3.69. The second kappa shape index (κ2) is 14.2. The van der Waals surface area contributed by atoms with Gasteiger partial charge in [-0.05, 0) is 25.0 Å². The molecule has 0 aromatic heterocycles. The first-order valence-electron chi connectivity index (χ1n) is 8.53. The number of hydrogen-bond donors (Lipinski definition) is 0. The zero-order valence-corrected chi connectivity index (χ0v) is 14.8. The summed E-state index contributed by atoms with van der Waals surface area (Å²) in [7, 11) is 0. The fraction of sp³-hybridized carbons (Fsp3) is 0.600. The first kappa shape index (κ1) is 18.3. The summed E-state index contributed by atoms with van der Waals surface area (Å²) in [6.07, 6.45) is 14.9. The van der Waals surface area contributed by atoms with Gasteiger partial charge >= 0.3 is 0 Å². The lowest BCUT2D eigenvalue weighted by Crippen LogP contribution is -1.82. The Morgan fingerprint density at radius 1 is 0.667 bits per heavy atom. The van der Waals surface area contributed by atoms with Gasteiger partial charge in [0.15, 0.2) is 0 Å². The van der Waals surface area contributed by atoms with Crippen LogP contribution in [0.5, 0.6) is 0 Å². The summed E-state index contributed by atoms with van der Waals surface area (Å²) < 4.78 is 0. The van der Waals surface area contributed by atoms with E-state index in [1.807, 2.05) is 18.2 Å². The molecule has 21 heavy (non-hydrogen) atoms. The van der Waals surface area contributed by atoms with Gasteiger partial charge in [-0.3, -0.25) is 0 Å². The summed E-state index contributed by atoms with van der Waals surface area (Å²) in [5, 5.41) is 1.17. The summed E-state index contributed by atoms with van der Waals surface area (Å²) in [6, 6.07) is 10.3. The molecule has 1 aromatic carbocycles. The van der Waals surface area contributed by atoms with Crippen LogP contribution in [0.1, 0.15) is 76.2 Å². The van der Waals surface area contributed by atoms with Gasteiger partial charge in [-0.25, -0.2) is 0 Å². The van der Waals surface area contributed by atoms with Crippen molar-refractivity contribution < 1.29 is 0 Å². The van der Waals surface area contributed by atoms with E-state index in [9.17, 15) is 0 Å². The van der Waals surface area contributed by atoms with Crippen LogP contribution in [0.25, 0.3) is 0 Å². The van der Waals surface area contributed by atoms with Gasteiger partial charge in [0.2, 0.25) is 0 Å². The molecule has 1 aromatic rings. The lowest BCUT2D eigenvalue weighted by atomic mass is 10.1. The number of rotatable bonds is 11. The predicted octanol–water partition coefficient (Wildman–Crippen LogP) is 6.72. The monoisotopic (exact) mass is 348 g/mol. The second-order valence-electron chi connectivity index (χ2n) is 5.64. The van der Waals surface area contributed by atoms with E-state index in [0.717, 1.165) is 12.0 Å². The van der Waals surface area contributed by atoms with Gasteiger partial charge in [0, 0.05) is 17.3 Å². The van der Waals surface area contributed by atoms with E-state index in [4.69, 9.17) is 0 Å². The molecule has 0 saturated heterocycles. The zero-order valence-electron chi connectivity index (χ0n) is 13.2. The molecular weight excluding hydrogens is 320 g/mol. The standard InChI is InChI=1S/C20H29Br/c21-19-15-10-8-6-4-2-1-3-5-7-9-12-16-20-17-13-11-14-18-20/h11,13-14,17-18H,1-10,15,19H2. The molecule has 1 rings (SSSR count). The minimum Gasteiger partial charge on any atom is -0.0979 e. The molecule has 0 heterocycles. The Morgan fingerprint density at radius 3 is 1.76 bits per heavy atom. The smallest absolute Gasteiger partial charge is 0.0245 e. The summed E-state index contributed by atoms with van der Waals surface area (Å²) in [5.41, 5.74) is 1.14. The van der Waals surface area contributed by atoms with Gasteiger partial charge in [-0.15, -0.1) is 0 Å². The molecule has 0 aliphatic heterocycles. The maximum Gasteiger partial charge on any atom is 0.0245 e. The number of unbranched alkanes of at least 4 members (excludes halogenated alkanes) is 10. The van der Waals surface area contributed by atoms with E-state index in [0.29, 0.717) is 0 Å². The summed E-state index contributed by atoms with van der Waals surface area (Å²) in [4.78, 5) is 0. The maximum absolute atomic E-state index is 3.48. The molecule has 0 N–H and O–H groups in total. The lowest BCUT2D eigenvalue weighted by molar-refractivity contribution is 0.559. The second-order valence-corrected chi connectivity index (χ2v) is 6.44. The molecule has 0 radical (unpaired) electrons. The zero-order chi connectivity index (χ0) is 15.0.